The summed E-state index contributed by atoms with van der Waals surface area (Å²) in [5, 5.41) is 0. The average Bonchev–Trinajstić information content (AvgIpc) is 3.40. The van der Waals surface area contributed by atoms with E-state index in [-0.39, 0.29) is 24.0 Å². The van der Waals surface area contributed by atoms with Crippen molar-refractivity contribution in [1.29, 1.82) is 0 Å². The topological polar surface area (TPSA) is 49.9 Å². The normalized spacial score (nSPS) is 25.6. The van der Waals surface area contributed by atoms with E-state index in [2.05, 4.69) is 11.8 Å². The van der Waals surface area contributed by atoms with Crippen LogP contribution >= 0.6 is 0 Å². The summed E-state index contributed by atoms with van der Waals surface area (Å²) in [6.45, 7) is 4.57. The number of hydrogen-bond acceptors (Lipinski definition) is 3. The highest BCUT2D eigenvalue weighted by molar-refractivity contribution is 5.97. The van der Waals surface area contributed by atoms with Gasteiger partial charge in [0.25, 0.3) is 5.91 Å². The van der Waals surface area contributed by atoms with E-state index in [1.54, 1.807) is 0 Å². The number of ether oxygens (including phenoxy) is 1. The van der Waals surface area contributed by atoms with Crippen molar-refractivity contribution in [2.45, 2.75) is 109 Å². The van der Waals surface area contributed by atoms with E-state index in [9.17, 15) is 9.59 Å². The fraction of sp³-hybridized carbons (Fsp3) is 0.724. The third-order valence-corrected chi connectivity index (χ3v) is 8.06. The van der Waals surface area contributed by atoms with Gasteiger partial charge in [0.15, 0.2) is 0 Å². The van der Waals surface area contributed by atoms with E-state index >= 15 is 0 Å². The van der Waals surface area contributed by atoms with Crippen LogP contribution in [-0.2, 0) is 4.79 Å². The Morgan fingerprint density at radius 3 is 2.35 bits per heavy atom. The van der Waals surface area contributed by atoms with Crippen molar-refractivity contribution < 1.29 is 14.3 Å². The molecular weight excluding hydrogens is 424 g/mol. The van der Waals surface area contributed by atoms with E-state index in [4.69, 9.17) is 4.74 Å². The van der Waals surface area contributed by atoms with E-state index in [0.717, 1.165) is 90.3 Å². The summed E-state index contributed by atoms with van der Waals surface area (Å²) in [6.07, 6.45) is 15.1. The minimum atomic E-state index is -0.0437. The molecule has 2 atom stereocenters. The minimum Gasteiger partial charge on any atom is -0.487 e. The highest BCUT2D eigenvalue weighted by Gasteiger charge is 2.38. The minimum absolute atomic E-state index is 0.0437. The Kier molecular flexibility index (Phi) is 9.29. The Labute approximate surface area is 206 Å². The fourth-order valence-corrected chi connectivity index (χ4v) is 6.20. The van der Waals surface area contributed by atoms with Crippen LogP contribution in [-0.4, -0.2) is 53.4 Å². The van der Waals surface area contributed by atoms with Gasteiger partial charge in [-0.2, -0.15) is 0 Å². The number of carbonyl (C=O) groups excluding carboxylic acids is 2. The molecule has 1 aliphatic heterocycles. The first kappa shape index (κ1) is 25.1. The van der Waals surface area contributed by atoms with E-state index in [0.29, 0.717) is 17.2 Å². The van der Waals surface area contributed by atoms with Crippen LogP contribution in [0.15, 0.2) is 24.3 Å². The lowest BCUT2D eigenvalue weighted by Gasteiger charge is -2.41. The van der Waals surface area contributed by atoms with Crippen LogP contribution in [0.5, 0.6) is 5.75 Å². The van der Waals surface area contributed by atoms with E-state index < -0.39 is 0 Å². The Hall–Kier alpha value is -2.04. The van der Waals surface area contributed by atoms with Gasteiger partial charge in [-0.25, -0.2) is 0 Å². The molecule has 0 spiro atoms. The zero-order valence-corrected chi connectivity index (χ0v) is 21.2. The van der Waals surface area contributed by atoms with Crippen molar-refractivity contribution in [2.24, 2.45) is 5.92 Å². The van der Waals surface area contributed by atoms with Crippen molar-refractivity contribution in [2.75, 3.05) is 19.6 Å². The third kappa shape index (κ3) is 6.14. The molecule has 2 amide bonds. The standard InChI is InChI=1S/C29H44N2O3/c1-2-20-30-21-12-4-3-5-13-22-31(28(32)23-14-6-7-15-23)25-17-9-11-19-27(25)34-26-18-10-8-16-24(26)29(30)33/h8,10,16,18,23,25,27H,2-7,9,11-15,17,19-22H2,1H3/t25-,27+/m1/s1. The Morgan fingerprint density at radius 1 is 0.882 bits per heavy atom. The average molecular weight is 469 g/mol. The van der Waals surface area contributed by atoms with Crippen molar-refractivity contribution in [3.8, 4) is 5.75 Å². The second-order valence-corrected chi connectivity index (χ2v) is 10.6. The zero-order chi connectivity index (χ0) is 23.8. The molecule has 0 aromatic heterocycles. The molecule has 2 aliphatic carbocycles. The van der Waals surface area contributed by atoms with Crippen LogP contribution in [0.1, 0.15) is 107 Å². The largest absolute Gasteiger partial charge is 0.487 e. The summed E-state index contributed by atoms with van der Waals surface area (Å²) >= 11 is 0. The van der Waals surface area contributed by atoms with Crippen LogP contribution in [0.2, 0.25) is 0 Å². The summed E-state index contributed by atoms with van der Waals surface area (Å²) in [5.74, 6) is 1.33. The Bertz CT molecular complexity index is 804. The van der Waals surface area contributed by atoms with Gasteiger partial charge in [-0.3, -0.25) is 9.59 Å². The van der Waals surface area contributed by atoms with Crippen LogP contribution in [0.25, 0.3) is 0 Å². The summed E-state index contributed by atoms with van der Waals surface area (Å²) < 4.78 is 6.67. The molecule has 1 heterocycles. The van der Waals surface area contributed by atoms with Gasteiger partial charge in [-0.1, -0.05) is 57.6 Å². The van der Waals surface area contributed by atoms with Gasteiger partial charge >= 0.3 is 0 Å². The molecule has 4 rings (SSSR count). The maximum absolute atomic E-state index is 13.7. The van der Waals surface area contributed by atoms with Crippen LogP contribution < -0.4 is 4.74 Å². The lowest BCUT2D eigenvalue weighted by Crippen LogP contribution is -2.52. The monoisotopic (exact) mass is 468 g/mol. The number of fused-ring (bicyclic) bond motifs is 2. The quantitative estimate of drug-likeness (QED) is 0.530. The number of amides is 2. The number of carbonyl (C=O) groups is 2. The molecule has 0 radical (unpaired) electrons. The van der Waals surface area contributed by atoms with Gasteiger partial charge in [-0.15, -0.1) is 0 Å². The summed E-state index contributed by atoms with van der Waals surface area (Å²) in [5.41, 5.74) is 0.670. The van der Waals surface area contributed by atoms with Crippen LogP contribution in [0.3, 0.4) is 0 Å². The molecule has 0 unspecified atom stereocenters. The lowest BCUT2D eigenvalue weighted by atomic mass is 9.89. The molecule has 5 nitrogen and oxygen atoms in total. The van der Waals surface area contributed by atoms with Crippen LogP contribution in [0.4, 0.5) is 0 Å². The highest BCUT2D eigenvalue weighted by atomic mass is 16.5. The van der Waals surface area contributed by atoms with Gasteiger partial charge < -0.3 is 14.5 Å². The van der Waals surface area contributed by atoms with E-state index in [1.807, 2.05) is 29.2 Å². The zero-order valence-electron chi connectivity index (χ0n) is 21.2. The SMILES string of the molecule is CCCN1CCCCCCCN(C(=O)C2CCCC2)[C@@H]2CCCC[C@@H]2Oc2ccccc2C1=O. The first-order chi connectivity index (χ1) is 16.7. The van der Waals surface area contributed by atoms with Crippen molar-refractivity contribution in [3.63, 3.8) is 0 Å². The molecule has 0 saturated heterocycles. The van der Waals surface area contributed by atoms with Crippen molar-refractivity contribution >= 4 is 11.8 Å². The maximum Gasteiger partial charge on any atom is 0.257 e. The van der Waals surface area contributed by atoms with Gasteiger partial charge in [0.2, 0.25) is 5.91 Å². The number of benzene rings is 1. The van der Waals surface area contributed by atoms with Crippen LogP contribution in [0, 0.1) is 5.92 Å². The first-order valence-corrected chi connectivity index (χ1v) is 14.0. The number of nitrogens with zero attached hydrogens (tertiary/aromatic N) is 2. The van der Waals surface area contributed by atoms with Gasteiger partial charge in [-0.05, 0) is 63.5 Å². The number of para-hydroxylation sites is 1. The molecular formula is C29H44N2O3. The Morgan fingerprint density at radius 2 is 1.56 bits per heavy atom. The molecule has 2 fully saturated rings. The summed E-state index contributed by atoms with van der Waals surface area (Å²) in [7, 11) is 0. The molecule has 2 saturated carbocycles. The molecule has 0 N–H and O–H groups in total. The number of rotatable bonds is 3. The second kappa shape index (κ2) is 12.6. The first-order valence-electron chi connectivity index (χ1n) is 14.0. The lowest BCUT2D eigenvalue weighted by molar-refractivity contribution is -0.141. The second-order valence-electron chi connectivity index (χ2n) is 10.6. The highest BCUT2D eigenvalue weighted by Crippen LogP contribution is 2.33. The molecule has 3 aliphatic rings. The third-order valence-electron chi connectivity index (χ3n) is 8.06. The molecule has 5 heteroatoms. The fourth-order valence-electron chi connectivity index (χ4n) is 6.20. The molecule has 34 heavy (non-hydrogen) atoms. The van der Waals surface area contributed by atoms with Gasteiger partial charge in [0.1, 0.15) is 11.9 Å². The smallest absolute Gasteiger partial charge is 0.257 e. The maximum atomic E-state index is 13.7. The number of hydrogen-bond donors (Lipinski definition) is 0. The van der Waals surface area contributed by atoms with Gasteiger partial charge in [0.05, 0.1) is 11.6 Å². The molecule has 188 valence electrons. The predicted octanol–water partition coefficient (Wildman–Crippen LogP) is 6.21. The summed E-state index contributed by atoms with van der Waals surface area (Å²) in [6, 6.07) is 7.88. The van der Waals surface area contributed by atoms with Crippen molar-refractivity contribution in [3.05, 3.63) is 29.8 Å². The van der Waals surface area contributed by atoms with Crippen molar-refractivity contribution in [1.82, 2.24) is 9.80 Å². The summed E-state index contributed by atoms with van der Waals surface area (Å²) in [4.78, 5) is 31.5. The molecule has 0 bridgehead atoms. The van der Waals surface area contributed by atoms with E-state index in [1.165, 1.54) is 19.3 Å². The molecule has 1 aromatic carbocycles. The van der Waals surface area contributed by atoms with Gasteiger partial charge in [0, 0.05) is 25.6 Å². The predicted molar refractivity (Wildman–Crippen MR) is 136 cm³/mol. The molecule has 1 aromatic rings. The Balaban J connectivity index is 1.63.